The van der Waals surface area contributed by atoms with E-state index in [1.165, 1.54) is 12.1 Å². The van der Waals surface area contributed by atoms with E-state index in [9.17, 15) is 8.78 Å². The van der Waals surface area contributed by atoms with Gasteiger partial charge in [0.05, 0.1) is 11.7 Å². The molecule has 2 nitrogen and oxygen atoms in total. The fraction of sp³-hybridized carbons (Fsp3) is 0.267. The van der Waals surface area contributed by atoms with Gasteiger partial charge in [-0.2, -0.15) is 0 Å². The SMILES string of the molecule is CNC(Cc1cc(F)cc(F)c1)c1cc(C)ccn1. The molecule has 4 heteroatoms. The summed E-state index contributed by atoms with van der Waals surface area (Å²) < 4.78 is 26.3. The second-order valence-electron chi connectivity index (χ2n) is 4.58. The second-order valence-corrected chi connectivity index (χ2v) is 4.58. The molecule has 1 aromatic carbocycles. The van der Waals surface area contributed by atoms with Crippen molar-refractivity contribution in [3.63, 3.8) is 0 Å². The smallest absolute Gasteiger partial charge is 0.126 e. The van der Waals surface area contributed by atoms with Crippen LogP contribution < -0.4 is 5.32 Å². The molecule has 1 unspecified atom stereocenters. The van der Waals surface area contributed by atoms with Gasteiger partial charge >= 0.3 is 0 Å². The molecule has 0 aliphatic carbocycles. The zero-order valence-electron chi connectivity index (χ0n) is 11.0. The number of benzene rings is 1. The van der Waals surface area contributed by atoms with Gasteiger partial charge in [0.25, 0.3) is 0 Å². The van der Waals surface area contributed by atoms with E-state index in [1.807, 2.05) is 26.1 Å². The van der Waals surface area contributed by atoms with Crippen LogP contribution in [0.25, 0.3) is 0 Å². The molecule has 0 amide bonds. The predicted molar refractivity (Wildman–Crippen MR) is 70.8 cm³/mol. The quantitative estimate of drug-likeness (QED) is 0.915. The minimum Gasteiger partial charge on any atom is -0.311 e. The Morgan fingerprint density at radius 2 is 1.84 bits per heavy atom. The number of aromatic nitrogens is 1. The lowest BCUT2D eigenvalue weighted by Gasteiger charge is -2.16. The number of nitrogens with zero attached hydrogens (tertiary/aromatic N) is 1. The maximum atomic E-state index is 13.2. The molecule has 0 aliphatic heterocycles. The summed E-state index contributed by atoms with van der Waals surface area (Å²) in [6.07, 6.45) is 2.22. The number of likely N-dealkylation sites (N-methyl/N-ethyl adjacent to an activating group) is 1. The third-order valence-electron chi connectivity index (χ3n) is 3.00. The van der Waals surface area contributed by atoms with Crippen molar-refractivity contribution < 1.29 is 8.78 Å². The van der Waals surface area contributed by atoms with Crippen LogP contribution in [0.1, 0.15) is 22.9 Å². The average molecular weight is 262 g/mol. The molecule has 0 saturated carbocycles. The highest BCUT2D eigenvalue weighted by Gasteiger charge is 2.13. The zero-order chi connectivity index (χ0) is 13.8. The average Bonchev–Trinajstić information content (AvgIpc) is 2.34. The molecule has 100 valence electrons. The lowest BCUT2D eigenvalue weighted by molar-refractivity contribution is 0.555. The summed E-state index contributed by atoms with van der Waals surface area (Å²) in [5, 5.41) is 3.13. The molecule has 0 radical (unpaired) electrons. The molecule has 1 heterocycles. The molecule has 0 spiro atoms. The van der Waals surface area contributed by atoms with Crippen LogP contribution in [0, 0.1) is 18.6 Å². The molecule has 0 bridgehead atoms. The number of rotatable bonds is 4. The van der Waals surface area contributed by atoms with Crippen molar-refractivity contribution in [3.8, 4) is 0 Å². The Bertz CT molecular complexity index is 550. The third kappa shape index (κ3) is 3.58. The van der Waals surface area contributed by atoms with E-state index in [1.54, 1.807) is 6.20 Å². The summed E-state index contributed by atoms with van der Waals surface area (Å²) in [5.74, 6) is -1.11. The monoisotopic (exact) mass is 262 g/mol. The van der Waals surface area contributed by atoms with Crippen LogP contribution in [-0.2, 0) is 6.42 Å². The summed E-state index contributed by atoms with van der Waals surface area (Å²) >= 11 is 0. The van der Waals surface area contributed by atoms with Gasteiger partial charge in [0, 0.05) is 12.3 Å². The molecule has 1 aromatic heterocycles. The summed E-state index contributed by atoms with van der Waals surface area (Å²) in [7, 11) is 1.81. The minimum absolute atomic E-state index is 0.0684. The van der Waals surface area contributed by atoms with Crippen molar-refractivity contribution in [2.24, 2.45) is 0 Å². The van der Waals surface area contributed by atoms with Gasteiger partial charge in [-0.05, 0) is 55.8 Å². The number of pyridine rings is 1. The van der Waals surface area contributed by atoms with Gasteiger partial charge < -0.3 is 5.32 Å². The topological polar surface area (TPSA) is 24.9 Å². The Labute approximate surface area is 111 Å². The van der Waals surface area contributed by atoms with Crippen LogP contribution in [0.2, 0.25) is 0 Å². The van der Waals surface area contributed by atoms with Crippen molar-refractivity contribution in [1.82, 2.24) is 10.3 Å². The van der Waals surface area contributed by atoms with E-state index < -0.39 is 11.6 Å². The lowest BCUT2D eigenvalue weighted by atomic mass is 10.0. The number of halogens is 2. The van der Waals surface area contributed by atoms with Crippen LogP contribution >= 0.6 is 0 Å². The highest BCUT2D eigenvalue weighted by Crippen LogP contribution is 2.18. The number of hydrogen-bond donors (Lipinski definition) is 1. The van der Waals surface area contributed by atoms with Crippen LogP contribution in [0.15, 0.2) is 36.5 Å². The second kappa shape index (κ2) is 5.89. The molecule has 19 heavy (non-hydrogen) atoms. The number of aryl methyl sites for hydroxylation is 1. The summed E-state index contributed by atoms with van der Waals surface area (Å²) in [6, 6.07) is 7.39. The first-order valence-corrected chi connectivity index (χ1v) is 6.13. The van der Waals surface area contributed by atoms with Crippen LogP contribution in [0.3, 0.4) is 0 Å². The van der Waals surface area contributed by atoms with Gasteiger partial charge in [-0.25, -0.2) is 8.78 Å². The van der Waals surface area contributed by atoms with E-state index in [-0.39, 0.29) is 6.04 Å². The van der Waals surface area contributed by atoms with Crippen LogP contribution in [-0.4, -0.2) is 12.0 Å². The van der Waals surface area contributed by atoms with Crippen molar-refractivity contribution in [2.45, 2.75) is 19.4 Å². The van der Waals surface area contributed by atoms with Gasteiger partial charge in [0.1, 0.15) is 11.6 Å². The van der Waals surface area contributed by atoms with Gasteiger partial charge in [0.2, 0.25) is 0 Å². The lowest BCUT2D eigenvalue weighted by Crippen LogP contribution is -2.20. The zero-order valence-corrected chi connectivity index (χ0v) is 11.0. The van der Waals surface area contributed by atoms with Crippen molar-refractivity contribution in [3.05, 3.63) is 65.0 Å². The van der Waals surface area contributed by atoms with Gasteiger partial charge in [-0.1, -0.05) is 0 Å². The molecule has 0 saturated heterocycles. The largest absolute Gasteiger partial charge is 0.311 e. The summed E-state index contributed by atoms with van der Waals surface area (Å²) in [5.41, 5.74) is 2.59. The van der Waals surface area contributed by atoms with E-state index in [0.29, 0.717) is 12.0 Å². The fourth-order valence-corrected chi connectivity index (χ4v) is 2.07. The summed E-state index contributed by atoms with van der Waals surface area (Å²) in [4.78, 5) is 4.30. The van der Waals surface area contributed by atoms with E-state index >= 15 is 0 Å². The first-order valence-electron chi connectivity index (χ1n) is 6.13. The van der Waals surface area contributed by atoms with Crippen LogP contribution in [0.5, 0.6) is 0 Å². The molecular formula is C15H16F2N2. The maximum Gasteiger partial charge on any atom is 0.126 e. The third-order valence-corrected chi connectivity index (χ3v) is 3.00. The molecule has 1 N–H and O–H groups in total. The van der Waals surface area contributed by atoms with Gasteiger partial charge in [-0.15, -0.1) is 0 Å². The minimum atomic E-state index is -0.554. The Kier molecular flexibility index (Phi) is 4.22. The molecule has 0 aliphatic rings. The predicted octanol–water partition coefficient (Wildman–Crippen LogP) is 3.17. The number of nitrogens with one attached hydrogen (secondary N) is 1. The van der Waals surface area contributed by atoms with Crippen LogP contribution in [0.4, 0.5) is 8.78 Å². The van der Waals surface area contributed by atoms with E-state index in [4.69, 9.17) is 0 Å². The van der Waals surface area contributed by atoms with Gasteiger partial charge in [-0.3, -0.25) is 4.98 Å². The molecular weight excluding hydrogens is 246 g/mol. The first kappa shape index (κ1) is 13.6. The van der Waals surface area contributed by atoms with Crippen molar-refractivity contribution in [1.29, 1.82) is 0 Å². The van der Waals surface area contributed by atoms with E-state index in [2.05, 4.69) is 10.3 Å². The molecule has 1 atom stereocenters. The highest BCUT2D eigenvalue weighted by molar-refractivity contribution is 5.23. The maximum absolute atomic E-state index is 13.2. The molecule has 2 rings (SSSR count). The Morgan fingerprint density at radius 1 is 1.16 bits per heavy atom. The molecule has 2 aromatic rings. The van der Waals surface area contributed by atoms with E-state index in [0.717, 1.165) is 17.3 Å². The standard InChI is InChI=1S/C15H16F2N2/c1-10-3-4-19-15(5-10)14(18-2)8-11-6-12(16)9-13(17)7-11/h3-7,9,14,18H,8H2,1-2H3. The number of hydrogen-bond acceptors (Lipinski definition) is 2. The molecule has 0 fully saturated rings. The Morgan fingerprint density at radius 3 is 2.42 bits per heavy atom. The van der Waals surface area contributed by atoms with Crippen molar-refractivity contribution in [2.75, 3.05) is 7.05 Å². The normalized spacial score (nSPS) is 12.4. The Balaban J connectivity index is 2.23. The summed E-state index contributed by atoms with van der Waals surface area (Å²) in [6.45, 7) is 1.99. The fourth-order valence-electron chi connectivity index (χ4n) is 2.07. The first-order chi connectivity index (χ1) is 9.08. The van der Waals surface area contributed by atoms with Gasteiger partial charge in [0.15, 0.2) is 0 Å². The Hall–Kier alpha value is -1.81. The highest BCUT2D eigenvalue weighted by atomic mass is 19.1. The van der Waals surface area contributed by atoms with Crippen molar-refractivity contribution >= 4 is 0 Å².